The molecule has 5 heteroatoms. The van der Waals surface area contributed by atoms with Crippen LogP contribution in [0.25, 0.3) is 0 Å². The molecule has 0 aromatic heterocycles. The molecule has 0 aliphatic carbocycles. The fourth-order valence-electron chi connectivity index (χ4n) is 2.34. The van der Waals surface area contributed by atoms with Crippen molar-refractivity contribution in [3.8, 4) is 0 Å². The Balaban J connectivity index is 2.97. The van der Waals surface area contributed by atoms with Gasteiger partial charge in [0.05, 0.1) is 7.11 Å². The van der Waals surface area contributed by atoms with E-state index in [2.05, 4.69) is 32.9 Å². The number of amides is 1. The van der Waals surface area contributed by atoms with E-state index in [9.17, 15) is 9.59 Å². The van der Waals surface area contributed by atoms with Crippen LogP contribution in [0.1, 0.15) is 52.7 Å². The summed E-state index contributed by atoms with van der Waals surface area (Å²) in [5, 5.41) is 0. The van der Waals surface area contributed by atoms with Gasteiger partial charge in [-0.05, 0) is 37.3 Å². The lowest BCUT2D eigenvalue weighted by Gasteiger charge is -2.29. The molecule has 0 saturated heterocycles. The van der Waals surface area contributed by atoms with E-state index in [1.807, 2.05) is 12.1 Å². The summed E-state index contributed by atoms with van der Waals surface area (Å²) in [6, 6.07) is 7.34. The molecule has 0 aliphatic rings. The van der Waals surface area contributed by atoms with E-state index in [0.29, 0.717) is 6.42 Å². The number of benzene rings is 1. The van der Waals surface area contributed by atoms with Crippen LogP contribution in [0, 0.1) is 0 Å². The minimum atomic E-state index is -0.736. The van der Waals surface area contributed by atoms with Gasteiger partial charge in [0.25, 0.3) is 0 Å². The third-order valence-corrected chi connectivity index (χ3v) is 3.87. The molecule has 1 unspecified atom stereocenters. The standard InChI is InChI=1S/C20H31NO4/c1-19(2,3)15-11-9-14(10-12-15)13-16(17(22)24-8)21(7)18(23)25-20(4,5)6/h9-12,16H,13H2,1-8H3. The first kappa shape index (κ1) is 21.0. The number of hydrogen-bond acceptors (Lipinski definition) is 4. The molecule has 25 heavy (non-hydrogen) atoms. The lowest BCUT2D eigenvalue weighted by molar-refractivity contribution is -0.146. The minimum Gasteiger partial charge on any atom is -0.467 e. The Kier molecular flexibility index (Phi) is 6.63. The number of nitrogens with zero attached hydrogens (tertiary/aromatic N) is 1. The van der Waals surface area contributed by atoms with Crippen LogP contribution >= 0.6 is 0 Å². The highest BCUT2D eigenvalue weighted by Gasteiger charge is 2.31. The van der Waals surface area contributed by atoms with Crippen molar-refractivity contribution in [2.45, 2.75) is 65.0 Å². The van der Waals surface area contributed by atoms with E-state index < -0.39 is 23.7 Å². The number of methoxy groups -OCH3 is 1. The molecule has 1 aromatic rings. The first-order chi connectivity index (χ1) is 11.3. The number of carbonyl (C=O) groups is 2. The van der Waals surface area contributed by atoms with Gasteiger partial charge in [-0.2, -0.15) is 0 Å². The van der Waals surface area contributed by atoms with Crippen LogP contribution in [0.2, 0.25) is 0 Å². The van der Waals surface area contributed by atoms with Crippen LogP contribution in [0.3, 0.4) is 0 Å². The van der Waals surface area contributed by atoms with Gasteiger partial charge >= 0.3 is 12.1 Å². The van der Waals surface area contributed by atoms with Crippen molar-refractivity contribution in [2.75, 3.05) is 14.2 Å². The van der Waals surface area contributed by atoms with Crippen LogP contribution in [0.15, 0.2) is 24.3 Å². The maximum Gasteiger partial charge on any atom is 0.410 e. The van der Waals surface area contributed by atoms with Crippen molar-refractivity contribution >= 4 is 12.1 Å². The van der Waals surface area contributed by atoms with Gasteiger partial charge in [-0.15, -0.1) is 0 Å². The molecule has 1 rings (SSSR count). The van der Waals surface area contributed by atoms with Crippen LogP contribution in [0.4, 0.5) is 4.79 Å². The van der Waals surface area contributed by atoms with Gasteiger partial charge in [-0.1, -0.05) is 45.0 Å². The van der Waals surface area contributed by atoms with Crippen LogP contribution in [-0.4, -0.2) is 42.8 Å². The smallest absolute Gasteiger partial charge is 0.410 e. The van der Waals surface area contributed by atoms with Gasteiger partial charge in [-0.25, -0.2) is 9.59 Å². The largest absolute Gasteiger partial charge is 0.467 e. The second-order valence-corrected chi connectivity index (χ2v) is 8.28. The Labute approximate surface area is 151 Å². The summed E-state index contributed by atoms with van der Waals surface area (Å²) in [4.78, 5) is 25.8. The summed E-state index contributed by atoms with van der Waals surface area (Å²) in [6.45, 7) is 11.8. The average Bonchev–Trinajstić information content (AvgIpc) is 2.49. The zero-order chi connectivity index (χ0) is 19.4. The van der Waals surface area contributed by atoms with Gasteiger partial charge in [-0.3, -0.25) is 4.90 Å². The van der Waals surface area contributed by atoms with Crippen molar-refractivity contribution in [2.24, 2.45) is 0 Å². The maximum absolute atomic E-state index is 12.3. The molecule has 0 saturated carbocycles. The normalized spacial score (nSPS) is 13.1. The van der Waals surface area contributed by atoms with E-state index in [4.69, 9.17) is 9.47 Å². The molecular weight excluding hydrogens is 318 g/mol. The molecule has 0 spiro atoms. The van der Waals surface area contributed by atoms with E-state index in [-0.39, 0.29) is 5.41 Å². The third-order valence-electron chi connectivity index (χ3n) is 3.87. The van der Waals surface area contributed by atoms with Gasteiger partial charge in [0.1, 0.15) is 11.6 Å². The van der Waals surface area contributed by atoms with Crippen LogP contribution in [0.5, 0.6) is 0 Å². The molecule has 0 aliphatic heterocycles. The highest BCUT2D eigenvalue weighted by Crippen LogP contribution is 2.23. The van der Waals surface area contributed by atoms with E-state index >= 15 is 0 Å². The summed E-state index contributed by atoms with van der Waals surface area (Å²) >= 11 is 0. The molecule has 1 atom stereocenters. The Morgan fingerprint density at radius 1 is 1.04 bits per heavy atom. The predicted octanol–water partition coefficient (Wildman–Crippen LogP) is 3.94. The Morgan fingerprint density at radius 2 is 1.56 bits per heavy atom. The van der Waals surface area contributed by atoms with Crippen LogP contribution in [-0.2, 0) is 26.1 Å². The summed E-state index contributed by atoms with van der Waals surface area (Å²) < 4.78 is 10.2. The summed E-state index contributed by atoms with van der Waals surface area (Å²) in [5.41, 5.74) is 1.61. The van der Waals surface area contributed by atoms with Gasteiger partial charge in [0, 0.05) is 13.5 Å². The molecule has 0 fully saturated rings. The summed E-state index contributed by atoms with van der Waals surface area (Å²) in [7, 11) is 2.88. The van der Waals surface area contributed by atoms with E-state index in [1.54, 1.807) is 27.8 Å². The average molecular weight is 349 g/mol. The Bertz CT molecular complexity index is 594. The molecule has 1 amide bonds. The first-order valence-electron chi connectivity index (χ1n) is 8.48. The molecule has 0 bridgehead atoms. The second kappa shape index (κ2) is 7.89. The van der Waals surface area contributed by atoms with Crippen molar-refractivity contribution in [1.29, 1.82) is 0 Å². The van der Waals surface area contributed by atoms with Crippen molar-refractivity contribution < 1.29 is 19.1 Å². The van der Waals surface area contributed by atoms with Crippen molar-refractivity contribution in [3.63, 3.8) is 0 Å². The summed E-state index contributed by atoms with van der Waals surface area (Å²) in [6.07, 6.45) is -0.179. The van der Waals surface area contributed by atoms with Gasteiger partial charge in [0.2, 0.25) is 0 Å². The van der Waals surface area contributed by atoms with E-state index in [1.165, 1.54) is 17.6 Å². The van der Waals surface area contributed by atoms with Gasteiger partial charge in [0.15, 0.2) is 0 Å². The topological polar surface area (TPSA) is 55.8 Å². The number of esters is 1. The fraction of sp³-hybridized carbons (Fsp3) is 0.600. The highest BCUT2D eigenvalue weighted by atomic mass is 16.6. The summed E-state index contributed by atoms with van der Waals surface area (Å²) in [5.74, 6) is -0.465. The lowest BCUT2D eigenvalue weighted by Crippen LogP contribution is -2.46. The third kappa shape index (κ3) is 6.40. The number of likely N-dealkylation sites (N-methyl/N-ethyl adjacent to an activating group) is 1. The molecule has 1 aromatic carbocycles. The molecular formula is C20H31NO4. The quantitative estimate of drug-likeness (QED) is 0.773. The molecule has 140 valence electrons. The van der Waals surface area contributed by atoms with Crippen molar-refractivity contribution in [3.05, 3.63) is 35.4 Å². The molecule has 0 radical (unpaired) electrons. The zero-order valence-corrected chi connectivity index (χ0v) is 16.7. The molecule has 0 heterocycles. The predicted molar refractivity (Wildman–Crippen MR) is 98.6 cm³/mol. The lowest BCUT2D eigenvalue weighted by atomic mass is 9.86. The Morgan fingerprint density at radius 3 is 1.96 bits per heavy atom. The first-order valence-corrected chi connectivity index (χ1v) is 8.48. The number of hydrogen-bond donors (Lipinski definition) is 0. The minimum absolute atomic E-state index is 0.0631. The second-order valence-electron chi connectivity index (χ2n) is 8.28. The Hall–Kier alpha value is -2.04. The fourth-order valence-corrected chi connectivity index (χ4v) is 2.34. The van der Waals surface area contributed by atoms with Gasteiger partial charge < -0.3 is 9.47 Å². The molecule has 0 N–H and O–H groups in total. The highest BCUT2D eigenvalue weighted by molar-refractivity contribution is 5.81. The number of carbonyl (C=O) groups excluding carboxylic acids is 2. The zero-order valence-electron chi connectivity index (χ0n) is 16.7. The monoisotopic (exact) mass is 349 g/mol. The van der Waals surface area contributed by atoms with E-state index in [0.717, 1.165) is 5.56 Å². The van der Waals surface area contributed by atoms with Crippen LogP contribution < -0.4 is 0 Å². The maximum atomic E-state index is 12.3. The SMILES string of the molecule is COC(=O)C(Cc1ccc(C(C)(C)C)cc1)N(C)C(=O)OC(C)(C)C. The number of ether oxygens (including phenoxy) is 2. The molecule has 5 nitrogen and oxygen atoms in total. The number of rotatable bonds is 4. The van der Waals surface area contributed by atoms with Crippen molar-refractivity contribution in [1.82, 2.24) is 4.90 Å².